The highest BCUT2D eigenvalue weighted by Gasteiger charge is 2.33. The highest BCUT2D eigenvalue weighted by Crippen LogP contribution is 2.38. The van der Waals surface area contributed by atoms with Crippen LogP contribution in [0.1, 0.15) is 22.4 Å². The first-order chi connectivity index (χ1) is 15.5. The van der Waals surface area contributed by atoms with Gasteiger partial charge in [0.2, 0.25) is 0 Å². The van der Waals surface area contributed by atoms with Crippen molar-refractivity contribution in [3.05, 3.63) is 106 Å². The summed E-state index contributed by atoms with van der Waals surface area (Å²) in [6.07, 6.45) is 2.01. The van der Waals surface area contributed by atoms with Crippen LogP contribution < -0.4 is 4.90 Å². The summed E-state index contributed by atoms with van der Waals surface area (Å²) in [5.41, 5.74) is 6.57. The molecule has 5 rings (SSSR count). The molecule has 2 heterocycles. The molecule has 4 aromatic rings. The van der Waals surface area contributed by atoms with E-state index in [1.165, 1.54) is 17.3 Å². The lowest BCUT2D eigenvalue weighted by molar-refractivity contribution is -0.113. The third kappa shape index (κ3) is 3.68. The number of rotatable bonds is 4. The predicted octanol–water partition coefficient (Wildman–Crippen LogP) is 6.71. The van der Waals surface area contributed by atoms with Crippen LogP contribution in [0.15, 0.2) is 83.8 Å². The summed E-state index contributed by atoms with van der Waals surface area (Å²) in [4.78, 5) is 15.6. The van der Waals surface area contributed by atoms with Crippen molar-refractivity contribution in [1.29, 1.82) is 0 Å². The molecule has 3 aromatic carbocycles. The summed E-state index contributed by atoms with van der Waals surface area (Å²) < 4.78 is 2.88. The number of hydrogen-bond donors (Lipinski definition) is 0. The third-order valence-corrected chi connectivity index (χ3v) is 7.13. The third-order valence-electron chi connectivity index (χ3n) is 5.82. The minimum Gasteiger partial charge on any atom is -0.340 e. The summed E-state index contributed by atoms with van der Waals surface area (Å²) in [7, 11) is 0. The number of thiocarbonyl (C=S) groups is 1. The van der Waals surface area contributed by atoms with Gasteiger partial charge in [-0.15, -0.1) is 0 Å². The van der Waals surface area contributed by atoms with Crippen LogP contribution in [0.4, 0.5) is 5.69 Å². The zero-order chi connectivity index (χ0) is 22.2. The van der Waals surface area contributed by atoms with Gasteiger partial charge in [-0.05, 0) is 43.7 Å². The first kappa shape index (κ1) is 20.7. The van der Waals surface area contributed by atoms with E-state index in [0.717, 1.165) is 40.0 Å². The van der Waals surface area contributed by atoms with Crippen LogP contribution in [0, 0.1) is 13.8 Å². The molecule has 0 spiro atoms. The molecule has 1 aromatic heterocycles. The Morgan fingerprint density at radius 3 is 2.34 bits per heavy atom. The minimum absolute atomic E-state index is 0.0665. The van der Waals surface area contributed by atoms with Crippen molar-refractivity contribution < 1.29 is 4.79 Å². The van der Waals surface area contributed by atoms with Gasteiger partial charge in [0.05, 0.1) is 10.6 Å². The van der Waals surface area contributed by atoms with E-state index in [1.807, 2.05) is 49.4 Å². The highest BCUT2D eigenvalue weighted by molar-refractivity contribution is 8.27. The smallest absolute Gasteiger partial charge is 0.270 e. The second-order valence-electron chi connectivity index (χ2n) is 7.94. The molecular formula is C27H22N2OS2. The van der Waals surface area contributed by atoms with Crippen LogP contribution in [0.5, 0.6) is 0 Å². The summed E-state index contributed by atoms with van der Waals surface area (Å²) in [5, 5.41) is 1.14. The molecule has 158 valence electrons. The van der Waals surface area contributed by atoms with Crippen LogP contribution in [-0.4, -0.2) is 14.8 Å². The molecule has 0 saturated carbocycles. The fourth-order valence-corrected chi connectivity index (χ4v) is 5.41. The lowest BCUT2D eigenvalue weighted by atomic mass is 10.1. The van der Waals surface area contributed by atoms with Crippen LogP contribution in [0.2, 0.25) is 0 Å². The van der Waals surface area contributed by atoms with E-state index < -0.39 is 0 Å². The predicted molar refractivity (Wildman–Crippen MR) is 139 cm³/mol. The molecule has 0 unspecified atom stereocenters. The Kier molecular flexibility index (Phi) is 5.45. The standard InChI is InChI=1S/C27H22N2OS2/c1-18-12-14-21(15-13-18)29-26(30)25(32-27(29)31)16-23-19(2)28(17-20-8-4-3-5-9-20)24-11-7-6-10-22(23)24/h3-16H,17H2,1-2H3/b25-16+. The van der Waals surface area contributed by atoms with E-state index in [4.69, 9.17) is 12.2 Å². The molecular weight excluding hydrogens is 432 g/mol. The number of aryl methyl sites for hydroxylation is 1. The fourth-order valence-electron chi connectivity index (χ4n) is 4.12. The Hall–Kier alpha value is -3.15. The van der Waals surface area contributed by atoms with Crippen molar-refractivity contribution in [1.82, 2.24) is 4.57 Å². The van der Waals surface area contributed by atoms with E-state index in [9.17, 15) is 4.79 Å². The number of benzene rings is 3. The first-order valence-electron chi connectivity index (χ1n) is 10.5. The van der Waals surface area contributed by atoms with Gasteiger partial charge >= 0.3 is 0 Å². The highest BCUT2D eigenvalue weighted by atomic mass is 32.2. The Bertz CT molecular complexity index is 1370. The molecule has 5 heteroatoms. The van der Waals surface area contributed by atoms with E-state index in [2.05, 4.69) is 54.0 Å². The van der Waals surface area contributed by atoms with E-state index in [1.54, 1.807) is 4.90 Å². The van der Waals surface area contributed by atoms with Gasteiger partial charge in [0.25, 0.3) is 5.91 Å². The quantitative estimate of drug-likeness (QED) is 0.253. The zero-order valence-electron chi connectivity index (χ0n) is 17.9. The summed E-state index contributed by atoms with van der Waals surface area (Å²) >= 11 is 6.93. The zero-order valence-corrected chi connectivity index (χ0v) is 19.5. The molecule has 1 aliphatic rings. The maximum Gasteiger partial charge on any atom is 0.270 e. The Morgan fingerprint density at radius 2 is 1.59 bits per heavy atom. The van der Waals surface area contributed by atoms with Gasteiger partial charge in [-0.3, -0.25) is 9.69 Å². The molecule has 0 aliphatic carbocycles. The number of anilines is 1. The van der Waals surface area contributed by atoms with Crippen LogP contribution in [0.25, 0.3) is 17.0 Å². The molecule has 32 heavy (non-hydrogen) atoms. The van der Waals surface area contributed by atoms with Crippen LogP contribution >= 0.6 is 24.0 Å². The molecule has 1 amide bonds. The molecule has 3 nitrogen and oxygen atoms in total. The van der Waals surface area contributed by atoms with Crippen molar-refractivity contribution in [3.63, 3.8) is 0 Å². The SMILES string of the molecule is Cc1ccc(N2C(=O)/C(=C\c3c(C)n(Cc4ccccc4)c4ccccc34)SC2=S)cc1. The van der Waals surface area contributed by atoms with E-state index in [-0.39, 0.29) is 5.91 Å². The number of amides is 1. The van der Waals surface area contributed by atoms with Crippen LogP contribution in [0.3, 0.4) is 0 Å². The average molecular weight is 455 g/mol. The molecule has 1 saturated heterocycles. The topological polar surface area (TPSA) is 25.2 Å². The number of carbonyl (C=O) groups excluding carboxylic acids is 1. The fraction of sp³-hybridized carbons (Fsp3) is 0.111. The Balaban J connectivity index is 1.57. The molecule has 0 atom stereocenters. The number of carbonyl (C=O) groups is 1. The Labute approximate surface area is 197 Å². The number of aromatic nitrogens is 1. The molecule has 0 N–H and O–H groups in total. The molecule has 1 aliphatic heterocycles. The number of fused-ring (bicyclic) bond motifs is 1. The van der Waals surface area contributed by atoms with E-state index >= 15 is 0 Å². The van der Waals surface area contributed by atoms with Gasteiger partial charge in [-0.25, -0.2) is 0 Å². The van der Waals surface area contributed by atoms with Gasteiger partial charge in [-0.1, -0.05) is 90.2 Å². The number of para-hydroxylation sites is 1. The summed E-state index contributed by atoms with van der Waals surface area (Å²) in [5.74, 6) is -0.0665. The summed E-state index contributed by atoms with van der Waals surface area (Å²) in [6, 6.07) is 26.7. The normalized spacial score (nSPS) is 15.3. The van der Waals surface area contributed by atoms with Gasteiger partial charge in [0, 0.05) is 28.7 Å². The summed E-state index contributed by atoms with van der Waals surface area (Å²) in [6.45, 7) is 4.93. The van der Waals surface area contributed by atoms with Gasteiger partial charge in [0.15, 0.2) is 4.32 Å². The second-order valence-corrected chi connectivity index (χ2v) is 9.62. The Morgan fingerprint density at radius 1 is 0.906 bits per heavy atom. The maximum atomic E-state index is 13.3. The minimum atomic E-state index is -0.0665. The van der Waals surface area contributed by atoms with Crippen molar-refractivity contribution in [3.8, 4) is 0 Å². The largest absolute Gasteiger partial charge is 0.340 e. The van der Waals surface area contributed by atoms with Crippen molar-refractivity contribution in [2.75, 3.05) is 4.90 Å². The molecule has 1 fully saturated rings. The number of nitrogens with zero attached hydrogens (tertiary/aromatic N) is 2. The average Bonchev–Trinajstić information content (AvgIpc) is 3.23. The lowest BCUT2D eigenvalue weighted by Crippen LogP contribution is -2.27. The first-order valence-corrected chi connectivity index (χ1v) is 11.7. The maximum absolute atomic E-state index is 13.3. The van der Waals surface area contributed by atoms with Crippen molar-refractivity contribution in [2.45, 2.75) is 20.4 Å². The lowest BCUT2D eigenvalue weighted by Gasteiger charge is -2.14. The number of thioether (sulfide) groups is 1. The second kappa shape index (κ2) is 8.41. The number of hydrogen-bond acceptors (Lipinski definition) is 3. The molecule has 0 bridgehead atoms. The monoisotopic (exact) mass is 454 g/mol. The molecule has 0 radical (unpaired) electrons. The van der Waals surface area contributed by atoms with Crippen molar-refractivity contribution in [2.24, 2.45) is 0 Å². The van der Waals surface area contributed by atoms with Gasteiger partial charge < -0.3 is 4.57 Å². The van der Waals surface area contributed by atoms with Crippen molar-refractivity contribution >= 4 is 56.9 Å². The van der Waals surface area contributed by atoms with Crippen LogP contribution in [-0.2, 0) is 11.3 Å². The van der Waals surface area contributed by atoms with E-state index in [0.29, 0.717) is 9.23 Å². The van der Waals surface area contributed by atoms with Gasteiger partial charge in [0.1, 0.15) is 0 Å². The van der Waals surface area contributed by atoms with Gasteiger partial charge in [-0.2, -0.15) is 0 Å².